The molecular formula is C42H59N15O15. The fraction of sp³-hybridized carbons (Fsp3) is 0.452. The van der Waals surface area contributed by atoms with Crippen LogP contribution >= 0.6 is 0 Å². The summed E-state index contributed by atoms with van der Waals surface area (Å²) in [5.74, 6) is -13.2. The Labute approximate surface area is 409 Å². The zero-order valence-corrected chi connectivity index (χ0v) is 39.4. The second-order valence-corrected chi connectivity index (χ2v) is 15.8. The molecule has 72 heavy (non-hydrogen) atoms. The van der Waals surface area contributed by atoms with Crippen LogP contribution in [0, 0.1) is 0 Å². The van der Waals surface area contributed by atoms with Crippen LogP contribution in [0.2, 0.25) is 0 Å². The summed E-state index contributed by atoms with van der Waals surface area (Å²) < 4.78 is 0. The summed E-state index contributed by atoms with van der Waals surface area (Å²) in [6.07, 6.45) is -4.06. The number of hydrogen-bond donors (Lipinski definition) is 15. The van der Waals surface area contributed by atoms with Gasteiger partial charge in [-0.05, 0) is 70.5 Å². The molecule has 30 nitrogen and oxygen atoms in total. The molecule has 0 unspecified atom stereocenters. The number of anilines is 2. The van der Waals surface area contributed by atoms with Gasteiger partial charge in [0.25, 0.3) is 11.5 Å². The molecule has 0 aliphatic rings. The molecule has 392 valence electrons. The minimum Gasteiger partial charge on any atom is -0.481 e. The van der Waals surface area contributed by atoms with Crippen LogP contribution in [-0.4, -0.2) is 157 Å². The van der Waals surface area contributed by atoms with E-state index in [1.165, 1.54) is 19.1 Å². The van der Waals surface area contributed by atoms with Crippen molar-refractivity contribution in [1.29, 1.82) is 0 Å². The van der Waals surface area contributed by atoms with Crippen molar-refractivity contribution < 1.29 is 68.4 Å². The molecule has 30 heteroatoms. The smallest absolute Gasteiger partial charge is 0.326 e. The van der Waals surface area contributed by atoms with Crippen molar-refractivity contribution in [3.63, 3.8) is 0 Å². The van der Waals surface area contributed by atoms with Gasteiger partial charge in [0.05, 0.1) is 25.8 Å². The van der Waals surface area contributed by atoms with Gasteiger partial charge >= 0.3 is 23.9 Å². The molecule has 0 radical (unpaired) electrons. The van der Waals surface area contributed by atoms with Gasteiger partial charge in [0.15, 0.2) is 17.5 Å². The second kappa shape index (κ2) is 29.1. The predicted octanol–water partition coefficient (Wildman–Crippen LogP) is -2.82. The number of carbonyl (C=O) groups excluding carboxylic acids is 6. The second-order valence-electron chi connectivity index (χ2n) is 15.8. The maximum Gasteiger partial charge on any atom is 0.326 e. The van der Waals surface area contributed by atoms with Crippen molar-refractivity contribution in [3.8, 4) is 0 Å². The van der Waals surface area contributed by atoms with E-state index in [-0.39, 0.29) is 74.2 Å². The summed E-state index contributed by atoms with van der Waals surface area (Å²) in [7, 11) is 0. The van der Waals surface area contributed by atoms with E-state index in [2.05, 4.69) is 63.6 Å². The van der Waals surface area contributed by atoms with Gasteiger partial charge in [0, 0.05) is 36.0 Å². The lowest BCUT2D eigenvalue weighted by molar-refractivity contribution is -0.145. The van der Waals surface area contributed by atoms with Crippen molar-refractivity contribution in [2.75, 3.05) is 24.1 Å². The molecule has 0 aliphatic carbocycles. The van der Waals surface area contributed by atoms with Crippen LogP contribution in [0.3, 0.4) is 0 Å². The average molecular weight is 1010 g/mol. The predicted molar refractivity (Wildman–Crippen MR) is 257 cm³/mol. The van der Waals surface area contributed by atoms with Gasteiger partial charge < -0.3 is 74.8 Å². The highest BCUT2D eigenvalue weighted by Gasteiger charge is 2.34. The van der Waals surface area contributed by atoms with Crippen LogP contribution in [0.15, 0.2) is 44.0 Å². The lowest BCUT2D eigenvalue weighted by Gasteiger charge is -2.26. The zero-order chi connectivity index (χ0) is 54.2. The van der Waals surface area contributed by atoms with Crippen LogP contribution in [-0.2, 0) is 43.2 Å². The molecule has 0 aliphatic heterocycles. The molecule has 18 N–H and O–H groups in total. The van der Waals surface area contributed by atoms with Crippen molar-refractivity contribution in [1.82, 2.24) is 41.9 Å². The van der Waals surface area contributed by atoms with Crippen LogP contribution in [0.4, 0.5) is 23.1 Å². The normalized spacial score (nSPS) is 13.5. The standard InChI is InChI=1S/C42H59N15O15/c1-5-23(40(71)72)52-37(68)26(16-30(61)62)55-38(69)27(17-31(63)64)54-35(66)24(7-6-14-47-41(43)44)53-36(67)25(15-29(59)60)51-28(58)13-8-19(2)50-34(65)21-9-11-22(12-10-21)48-18-20(3)49-32-33(46-4)56-42(45)57-39(32)70/h9-12,19,23-27,48H,4-8,13-18H2,1-3H3,(H,50,65)(H,51,58)(H,52,68)(H,53,67)(H,54,66)(H,55,69)(H,59,60)(H,61,62)(H,63,64)(H,71,72)(H4,43,44,47)(H3,45,56,57,70)/t19-,23-,24+,25+,26+,27+/m1/s1. The zero-order valence-electron chi connectivity index (χ0n) is 39.4. The van der Waals surface area contributed by atoms with Gasteiger partial charge in [-0.1, -0.05) is 6.92 Å². The lowest BCUT2D eigenvalue weighted by Crippen LogP contribution is -2.59. The summed E-state index contributed by atoms with van der Waals surface area (Å²) in [4.78, 5) is 156. The first-order chi connectivity index (χ1) is 33.8. The molecule has 0 spiro atoms. The molecule has 2 aromatic rings. The Bertz CT molecular complexity index is 2460. The topological polar surface area (TPSA) is 497 Å². The summed E-state index contributed by atoms with van der Waals surface area (Å²) in [6.45, 7) is 8.08. The van der Waals surface area contributed by atoms with Crippen LogP contribution in [0.1, 0.15) is 82.5 Å². The van der Waals surface area contributed by atoms with Gasteiger partial charge in [0.1, 0.15) is 30.2 Å². The number of aliphatic carboxylic acids is 4. The number of aliphatic imine (C=N–C) groups is 3. The summed E-state index contributed by atoms with van der Waals surface area (Å²) in [5.41, 5.74) is 16.9. The monoisotopic (exact) mass is 1010 g/mol. The van der Waals surface area contributed by atoms with E-state index in [1.807, 2.05) is 5.32 Å². The first-order valence-electron chi connectivity index (χ1n) is 21.8. The third kappa shape index (κ3) is 21.1. The number of benzene rings is 1. The Morgan fingerprint density at radius 1 is 0.736 bits per heavy atom. The van der Waals surface area contributed by atoms with Crippen LogP contribution in [0.5, 0.6) is 0 Å². The number of nitrogens with one attached hydrogen (secondary N) is 8. The van der Waals surface area contributed by atoms with Crippen LogP contribution < -0.4 is 60.0 Å². The van der Waals surface area contributed by atoms with E-state index in [0.717, 1.165) is 0 Å². The lowest BCUT2D eigenvalue weighted by atomic mass is 10.1. The number of nitrogens with zero attached hydrogens (tertiary/aromatic N) is 4. The van der Waals surface area contributed by atoms with Gasteiger partial charge in [0.2, 0.25) is 35.5 Å². The number of hydrogen-bond acceptors (Lipinski definition) is 17. The van der Waals surface area contributed by atoms with Gasteiger partial charge in [-0.15, -0.1) is 0 Å². The largest absolute Gasteiger partial charge is 0.481 e. The molecule has 1 heterocycles. The van der Waals surface area contributed by atoms with E-state index in [1.54, 1.807) is 26.0 Å². The SMILES string of the molecule is C=Nc1nc(N)[nH]c(=O)c1N=C(C)CNc1ccc(C(=O)N[C@H](C)CCC(=O)N[C@@H](CC(=O)O)C(=O)N[C@@H](CCCN=C(N)N)C(=O)N[C@@H](CC(=O)O)C(=O)N[C@@H](CC(=O)O)C(=O)N[C@H](CC)C(=O)O)cc1. The maximum absolute atomic E-state index is 13.7. The Hall–Kier alpha value is -8.99. The molecule has 6 amide bonds. The Kier molecular flexibility index (Phi) is 23.9. The highest BCUT2D eigenvalue weighted by molar-refractivity contribution is 5.99. The number of aromatic amines is 1. The number of rotatable bonds is 31. The number of H-pyrrole nitrogens is 1. The first-order valence-corrected chi connectivity index (χ1v) is 21.8. The molecule has 1 aromatic heterocycles. The van der Waals surface area contributed by atoms with E-state index in [9.17, 15) is 73.2 Å². The first kappa shape index (κ1) is 59.1. The number of nitrogens with two attached hydrogens (primary N) is 3. The van der Waals surface area contributed by atoms with E-state index in [0.29, 0.717) is 11.4 Å². The summed E-state index contributed by atoms with van der Waals surface area (Å²) >= 11 is 0. The van der Waals surface area contributed by atoms with E-state index >= 15 is 0 Å². The maximum atomic E-state index is 13.7. The molecule has 0 bridgehead atoms. The van der Waals surface area contributed by atoms with E-state index in [4.69, 9.17) is 17.2 Å². The minimum atomic E-state index is -2.04. The van der Waals surface area contributed by atoms with Crippen molar-refractivity contribution in [3.05, 3.63) is 40.2 Å². The summed E-state index contributed by atoms with van der Waals surface area (Å²) in [6, 6.07) is -3.32. The number of guanidine groups is 1. The molecular weight excluding hydrogens is 955 g/mol. The Morgan fingerprint density at radius 3 is 1.72 bits per heavy atom. The third-order valence-corrected chi connectivity index (χ3v) is 9.88. The quantitative estimate of drug-likeness (QED) is 0.0206. The fourth-order valence-electron chi connectivity index (χ4n) is 6.23. The number of carboxylic acid groups (broad SMARTS) is 4. The van der Waals surface area contributed by atoms with E-state index < -0.39 is 120 Å². The Balaban J connectivity index is 2.15. The number of carbonyl (C=O) groups is 10. The summed E-state index contributed by atoms with van der Waals surface area (Å²) in [5, 5.41) is 54.3. The molecule has 0 fully saturated rings. The fourth-order valence-corrected chi connectivity index (χ4v) is 6.23. The van der Waals surface area contributed by atoms with Crippen molar-refractivity contribution in [2.24, 2.45) is 26.4 Å². The molecule has 0 saturated heterocycles. The number of aromatic nitrogens is 2. The molecule has 2 rings (SSSR count). The van der Waals surface area contributed by atoms with Crippen molar-refractivity contribution >= 4 is 101 Å². The third-order valence-electron chi connectivity index (χ3n) is 9.88. The molecule has 6 atom stereocenters. The number of carboxylic acids is 4. The van der Waals surface area contributed by atoms with Gasteiger partial charge in [-0.3, -0.25) is 57.9 Å². The van der Waals surface area contributed by atoms with Crippen LogP contribution in [0.25, 0.3) is 0 Å². The van der Waals surface area contributed by atoms with Crippen molar-refractivity contribution in [2.45, 2.75) is 108 Å². The highest BCUT2D eigenvalue weighted by atomic mass is 16.4. The van der Waals surface area contributed by atoms with Gasteiger partial charge in [-0.25, -0.2) is 14.8 Å². The average Bonchev–Trinajstić information content (AvgIpc) is 3.29. The Morgan fingerprint density at radius 2 is 1.24 bits per heavy atom. The molecule has 0 saturated carbocycles. The molecule has 1 aromatic carbocycles. The van der Waals surface area contributed by atoms with Gasteiger partial charge in [-0.2, -0.15) is 4.98 Å². The number of nitrogen functional groups attached to an aromatic ring is 1. The number of amides is 6. The highest BCUT2D eigenvalue weighted by Crippen LogP contribution is 2.21. The minimum absolute atomic E-state index is 0.00324.